The van der Waals surface area contributed by atoms with Crippen LogP contribution in [-0.4, -0.2) is 16.4 Å². The van der Waals surface area contributed by atoms with Gasteiger partial charge in [-0.25, -0.2) is 4.98 Å². The first-order valence-corrected chi connectivity index (χ1v) is 7.78. The third kappa shape index (κ3) is 2.46. The summed E-state index contributed by atoms with van der Waals surface area (Å²) in [5, 5.41) is 6.22. The van der Waals surface area contributed by atoms with Crippen molar-refractivity contribution in [3.8, 4) is 0 Å². The summed E-state index contributed by atoms with van der Waals surface area (Å²) < 4.78 is 2.06. The molecule has 104 valence electrons. The van der Waals surface area contributed by atoms with Crippen LogP contribution in [0.2, 0.25) is 5.02 Å². The van der Waals surface area contributed by atoms with E-state index in [1.807, 2.05) is 37.7 Å². The van der Waals surface area contributed by atoms with E-state index in [4.69, 9.17) is 11.6 Å². The molecule has 3 nitrogen and oxygen atoms in total. The number of halogens is 1. The average molecular weight is 306 g/mol. The number of imidazole rings is 1. The molecule has 1 atom stereocenters. The van der Waals surface area contributed by atoms with Crippen LogP contribution in [0, 0.1) is 6.92 Å². The molecule has 1 aromatic carbocycles. The number of likely N-dealkylation sites (N-methyl/N-ethyl adjacent to an activating group) is 1. The Hall–Kier alpha value is -1.36. The second kappa shape index (κ2) is 5.56. The smallest absolute Gasteiger partial charge is 0.193 e. The van der Waals surface area contributed by atoms with Crippen LogP contribution < -0.4 is 5.32 Å². The van der Waals surface area contributed by atoms with Crippen molar-refractivity contribution in [3.05, 3.63) is 57.8 Å². The molecule has 0 aliphatic heterocycles. The molecule has 5 heteroatoms. The topological polar surface area (TPSA) is 29.3 Å². The summed E-state index contributed by atoms with van der Waals surface area (Å²) in [4.78, 5) is 5.67. The molecule has 3 aromatic rings. The van der Waals surface area contributed by atoms with Gasteiger partial charge in [0.1, 0.15) is 0 Å². The molecule has 0 bridgehead atoms. The number of benzene rings is 1. The highest BCUT2D eigenvalue weighted by molar-refractivity contribution is 7.15. The minimum Gasteiger partial charge on any atom is -0.313 e. The summed E-state index contributed by atoms with van der Waals surface area (Å²) in [5.74, 6) is 0. The number of thiazole rings is 1. The molecule has 0 saturated heterocycles. The first kappa shape index (κ1) is 13.6. The largest absolute Gasteiger partial charge is 0.313 e. The van der Waals surface area contributed by atoms with Gasteiger partial charge in [-0.15, -0.1) is 11.3 Å². The highest BCUT2D eigenvalue weighted by atomic mass is 35.5. The molecule has 0 radical (unpaired) electrons. The molecule has 0 aliphatic rings. The van der Waals surface area contributed by atoms with Gasteiger partial charge in [-0.2, -0.15) is 0 Å². The van der Waals surface area contributed by atoms with E-state index in [0.717, 1.165) is 33.2 Å². The van der Waals surface area contributed by atoms with Crippen LogP contribution in [0.5, 0.6) is 0 Å². The van der Waals surface area contributed by atoms with E-state index in [1.54, 1.807) is 11.3 Å². The maximum absolute atomic E-state index is 6.43. The fourth-order valence-electron chi connectivity index (χ4n) is 2.39. The normalized spacial score (nSPS) is 12.9. The van der Waals surface area contributed by atoms with Crippen molar-refractivity contribution >= 4 is 27.9 Å². The van der Waals surface area contributed by atoms with Gasteiger partial charge in [0.15, 0.2) is 4.96 Å². The molecular weight excluding hydrogens is 290 g/mol. The molecule has 0 spiro atoms. The molecule has 0 saturated carbocycles. The van der Waals surface area contributed by atoms with Crippen molar-refractivity contribution in [2.75, 3.05) is 7.05 Å². The monoisotopic (exact) mass is 305 g/mol. The Morgan fingerprint density at radius 2 is 2.30 bits per heavy atom. The number of hydrogen-bond acceptors (Lipinski definition) is 3. The molecule has 2 aromatic heterocycles. The number of aromatic nitrogens is 2. The summed E-state index contributed by atoms with van der Waals surface area (Å²) in [5.41, 5.74) is 3.31. The number of aryl methyl sites for hydroxylation is 1. The van der Waals surface area contributed by atoms with Crippen molar-refractivity contribution in [2.24, 2.45) is 0 Å². The second-order valence-electron chi connectivity index (χ2n) is 4.85. The molecule has 1 N–H and O–H groups in total. The Kier molecular flexibility index (Phi) is 3.78. The summed E-state index contributed by atoms with van der Waals surface area (Å²) in [6, 6.07) is 6.33. The summed E-state index contributed by atoms with van der Waals surface area (Å²) in [7, 11) is 1.96. The van der Waals surface area contributed by atoms with Gasteiger partial charge in [-0.1, -0.05) is 29.8 Å². The lowest BCUT2D eigenvalue weighted by Gasteiger charge is -2.18. The van der Waals surface area contributed by atoms with Crippen molar-refractivity contribution in [1.29, 1.82) is 0 Å². The van der Waals surface area contributed by atoms with Gasteiger partial charge < -0.3 is 5.32 Å². The van der Waals surface area contributed by atoms with E-state index in [2.05, 4.69) is 27.0 Å². The molecule has 20 heavy (non-hydrogen) atoms. The SMILES string of the molecule is CNC(Cc1cn2ccsc2n1)c1cccc(C)c1Cl. The average Bonchev–Trinajstić information content (AvgIpc) is 3.00. The van der Waals surface area contributed by atoms with Gasteiger partial charge >= 0.3 is 0 Å². The third-order valence-electron chi connectivity index (χ3n) is 3.50. The first-order valence-electron chi connectivity index (χ1n) is 6.52. The second-order valence-corrected chi connectivity index (χ2v) is 6.10. The zero-order chi connectivity index (χ0) is 14.1. The molecule has 0 amide bonds. The Balaban J connectivity index is 1.90. The number of nitrogens with one attached hydrogen (secondary N) is 1. The quantitative estimate of drug-likeness (QED) is 0.793. The number of nitrogens with zero attached hydrogens (tertiary/aromatic N) is 2. The predicted octanol–water partition coefficient (Wildman–Crippen LogP) is 3.86. The molecule has 1 unspecified atom stereocenters. The van der Waals surface area contributed by atoms with E-state index in [-0.39, 0.29) is 6.04 Å². The lowest BCUT2D eigenvalue weighted by molar-refractivity contribution is 0.586. The lowest BCUT2D eigenvalue weighted by Crippen LogP contribution is -2.19. The molecular formula is C15H16ClN3S. The Morgan fingerprint density at radius 3 is 3.05 bits per heavy atom. The van der Waals surface area contributed by atoms with Crippen LogP contribution >= 0.6 is 22.9 Å². The number of fused-ring (bicyclic) bond motifs is 1. The maximum Gasteiger partial charge on any atom is 0.193 e. The molecule has 3 rings (SSSR count). The molecule has 0 aliphatic carbocycles. The fourth-order valence-corrected chi connectivity index (χ4v) is 3.37. The van der Waals surface area contributed by atoms with Crippen molar-refractivity contribution in [1.82, 2.24) is 14.7 Å². The zero-order valence-electron chi connectivity index (χ0n) is 11.4. The Labute approximate surface area is 127 Å². The van der Waals surface area contributed by atoms with Gasteiger partial charge in [-0.05, 0) is 25.1 Å². The van der Waals surface area contributed by atoms with Crippen molar-refractivity contribution in [2.45, 2.75) is 19.4 Å². The van der Waals surface area contributed by atoms with Crippen LogP contribution in [0.25, 0.3) is 4.96 Å². The van der Waals surface area contributed by atoms with E-state index in [0.29, 0.717) is 0 Å². The van der Waals surface area contributed by atoms with Gasteiger partial charge in [0.2, 0.25) is 0 Å². The molecule has 0 fully saturated rings. The highest BCUT2D eigenvalue weighted by Gasteiger charge is 2.16. The van der Waals surface area contributed by atoms with Gasteiger partial charge in [0.25, 0.3) is 0 Å². The highest BCUT2D eigenvalue weighted by Crippen LogP contribution is 2.28. The van der Waals surface area contributed by atoms with Gasteiger partial charge in [-0.3, -0.25) is 4.40 Å². The van der Waals surface area contributed by atoms with Crippen molar-refractivity contribution in [3.63, 3.8) is 0 Å². The number of rotatable bonds is 4. The van der Waals surface area contributed by atoms with Gasteiger partial charge in [0.05, 0.1) is 5.69 Å². The van der Waals surface area contributed by atoms with Crippen LogP contribution in [0.15, 0.2) is 36.0 Å². The first-order chi connectivity index (χ1) is 9.69. The minimum absolute atomic E-state index is 0.173. The lowest BCUT2D eigenvalue weighted by atomic mass is 10.0. The Morgan fingerprint density at radius 1 is 1.45 bits per heavy atom. The maximum atomic E-state index is 6.43. The van der Waals surface area contributed by atoms with E-state index >= 15 is 0 Å². The van der Waals surface area contributed by atoms with E-state index in [1.165, 1.54) is 0 Å². The van der Waals surface area contributed by atoms with Crippen LogP contribution in [0.4, 0.5) is 0 Å². The van der Waals surface area contributed by atoms with E-state index in [9.17, 15) is 0 Å². The van der Waals surface area contributed by atoms with Crippen LogP contribution in [0.1, 0.15) is 22.9 Å². The Bertz CT molecular complexity index is 703. The van der Waals surface area contributed by atoms with Gasteiger partial charge in [0, 0.05) is 35.3 Å². The van der Waals surface area contributed by atoms with Crippen molar-refractivity contribution < 1.29 is 0 Å². The summed E-state index contributed by atoms with van der Waals surface area (Å²) in [6.45, 7) is 2.03. The van der Waals surface area contributed by atoms with E-state index < -0.39 is 0 Å². The minimum atomic E-state index is 0.173. The fraction of sp³-hybridized carbons (Fsp3) is 0.267. The zero-order valence-corrected chi connectivity index (χ0v) is 13.0. The van der Waals surface area contributed by atoms with Crippen LogP contribution in [-0.2, 0) is 6.42 Å². The van der Waals surface area contributed by atoms with Crippen LogP contribution in [0.3, 0.4) is 0 Å². The molecule has 2 heterocycles. The third-order valence-corrected chi connectivity index (χ3v) is 4.79. The standard InChI is InChI=1S/C15H16ClN3S/c1-10-4-3-5-12(14(10)16)13(17-2)8-11-9-19-6-7-20-15(19)18-11/h3-7,9,13,17H,8H2,1-2H3. The predicted molar refractivity (Wildman–Crippen MR) is 84.8 cm³/mol. The number of hydrogen-bond donors (Lipinski definition) is 1. The summed E-state index contributed by atoms with van der Waals surface area (Å²) >= 11 is 8.08. The summed E-state index contributed by atoms with van der Waals surface area (Å²) in [6.07, 6.45) is 4.94.